The first-order chi connectivity index (χ1) is 8.19. The monoisotopic (exact) mass is 255 g/mol. The molecule has 2 heterocycles. The van der Waals surface area contributed by atoms with Crippen LogP contribution in [0.4, 0.5) is 5.82 Å². The minimum absolute atomic E-state index is 0.398. The topological polar surface area (TPSA) is 38.2 Å². The maximum absolute atomic E-state index is 5.95. The molecule has 0 radical (unpaired) electrons. The molecule has 0 spiro atoms. The van der Waals surface area contributed by atoms with Crippen molar-refractivity contribution in [2.45, 2.75) is 32.8 Å². The maximum Gasteiger partial charge on any atom is 0.134 e. The molecule has 1 aromatic heterocycles. The molecule has 4 nitrogen and oxygen atoms in total. The zero-order valence-corrected chi connectivity index (χ0v) is 11.1. The van der Waals surface area contributed by atoms with Crippen LogP contribution in [0.25, 0.3) is 0 Å². The van der Waals surface area contributed by atoms with E-state index in [0.717, 1.165) is 44.2 Å². The summed E-state index contributed by atoms with van der Waals surface area (Å²) in [5.74, 6) is 1.65. The number of ether oxygens (including phenoxy) is 1. The molecule has 1 aliphatic heterocycles. The first-order valence-electron chi connectivity index (χ1n) is 6.06. The van der Waals surface area contributed by atoms with Gasteiger partial charge in [0.15, 0.2) is 0 Å². The zero-order valence-electron chi connectivity index (χ0n) is 10.3. The molecule has 0 saturated carbocycles. The molecule has 1 aliphatic rings. The fourth-order valence-corrected chi connectivity index (χ4v) is 2.39. The Morgan fingerprint density at radius 1 is 1.41 bits per heavy atom. The van der Waals surface area contributed by atoms with Gasteiger partial charge >= 0.3 is 0 Å². The van der Waals surface area contributed by atoms with Gasteiger partial charge in [-0.15, -0.1) is 0 Å². The van der Waals surface area contributed by atoms with E-state index in [2.05, 4.69) is 14.9 Å². The van der Waals surface area contributed by atoms with Crippen LogP contribution in [-0.4, -0.2) is 35.8 Å². The van der Waals surface area contributed by atoms with Gasteiger partial charge in [-0.2, -0.15) is 0 Å². The summed E-state index contributed by atoms with van der Waals surface area (Å²) in [5, 5.41) is 0.513. The Bertz CT molecular complexity index is 358. The summed E-state index contributed by atoms with van der Waals surface area (Å²) in [6.45, 7) is 6.64. The maximum atomic E-state index is 5.95. The third kappa shape index (κ3) is 3.30. The van der Waals surface area contributed by atoms with Gasteiger partial charge in [-0.05, 0) is 26.7 Å². The lowest BCUT2D eigenvalue weighted by molar-refractivity contribution is 0.0458. The molecule has 2 rings (SSSR count). The number of halogens is 1. The van der Waals surface area contributed by atoms with E-state index in [0.29, 0.717) is 11.3 Å². The predicted octanol–water partition coefficient (Wildman–Crippen LogP) is 2.44. The largest absolute Gasteiger partial charge is 0.378 e. The van der Waals surface area contributed by atoms with Crippen molar-refractivity contribution in [1.29, 1.82) is 0 Å². The summed E-state index contributed by atoms with van der Waals surface area (Å²) in [4.78, 5) is 10.7. The fraction of sp³-hybridized carbons (Fsp3) is 0.667. The first kappa shape index (κ1) is 12.6. The molecule has 0 aliphatic carbocycles. The van der Waals surface area contributed by atoms with Crippen LogP contribution in [0.5, 0.6) is 0 Å². The van der Waals surface area contributed by atoms with Gasteiger partial charge in [0.25, 0.3) is 0 Å². The summed E-state index contributed by atoms with van der Waals surface area (Å²) >= 11 is 5.95. The second-order valence-corrected chi connectivity index (χ2v) is 4.63. The lowest BCUT2D eigenvalue weighted by atomic mass is 10.1. The second-order valence-electron chi connectivity index (χ2n) is 4.24. The summed E-state index contributed by atoms with van der Waals surface area (Å²) in [6.07, 6.45) is 2.50. The molecule has 0 bridgehead atoms. The SMILES string of the molecule is CCOC1CCN(c2cc(Cl)nc(C)n2)CC1. The van der Waals surface area contributed by atoms with Gasteiger partial charge in [0.1, 0.15) is 16.8 Å². The van der Waals surface area contributed by atoms with E-state index >= 15 is 0 Å². The van der Waals surface area contributed by atoms with Crippen LogP contribution in [0, 0.1) is 6.92 Å². The summed E-state index contributed by atoms with van der Waals surface area (Å²) in [7, 11) is 0. The zero-order chi connectivity index (χ0) is 12.3. The number of nitrogens with zero attached hydrogens (tertiary/aromatic N) is 3. The van der Waals surface area contributed by atoms with E-state index < -0.39 is 0 Å². The Balaban J connectivity index is 2.00. The van der Waals surface area contributed by atoms with Crippen LogP contribution in [0.3, 0.4) is 0 Å². The fourth-order valence-electron chi connectivity index (χ4n) is 2.17. The van der Waals surface area contributed by atoms with E-state index in [9.17, 15) is 0 Å². The van der Waals surface area contributed by atoms with Crippen LogP contribution in [0.2, 0.25) is 5.15 Å². The highest BCUT2D eigenvalue weighted by Crippen LogP contribution is 2.21. The number of anilines is 1. The Morgan fingerprint density at radius 2 is 2.12 bits per heavy atom. The molecule has 1 fully saturated rings. The Kier molecular flexibility index (Phi) is 4.18. The van der Waals surface area contributed by atoms with Gasteiger partial charge in [-0.25, -0.2) is 9.97 Å². The first-order valence-corrected chi connectivity index (χ1v) is 6.44. The lowest BCUT2D eigenvalue weighted by Crippen LogP contribution is -2.37. The third-order valence-electron chi connectivity index (χ3n) is 2.96. The van der Waals surface area contributed by atoms with Crippen molar-refractivity contribution in [2.24, 2.45) is 0 Å². The van der Waals surface area contributed by atoms with E-state index in [4.69, 9.17) is 16.3 Å². The normalized spacial score (nSPS) is 17.5. The van der Waals surface area contributed by atoms with Crippen molar-refractivity contribution in [1.82, 2.24) is 9.97 Å². The predicted molar refractivity (Wildman–Crippen MR) is 68.6 cm³/mol. The van der Waals surface area contributed by atoms with Crippen molar-refractivity contribution in [3.8, 4) is 0 Å². The number of piperidine rings is 1. The highest BCUT2D eigenvalue weighted by molar-refractivity contribution is 6.29. The number of hydrogen-bond donors (Lipinski definition) is 0. The smallest absolute Gasteiger partial charge is 0.134 e. The number of aromatic nitrogens is 2. The van der Waals surface area contributed by atoms with Crippen LogP contribution < -0.4 is 4.90 Å². The van der Waals surface area contributed by atoms with Crippen LogP contribution in [0.1, 0.15) is 25.6 Å². The Hall–Kier alpha value is -0.870. The molecule has 0 aromatic carbocycles. The molecule has 0 amide bonds. The van der Waals surface area contributed by atoms with Crippen molar-refractivity contribution in [3.63, 3.8) is 0 Å². The molecule has 17 heavy (non-hydrogen) atoms. The molecule has 94 valence electrons. The highest BCUT2D eigenvalue weighted by Gasteiger charge is 2.20. The average molecular weight is 256 g/mol. The molecule has 0 atom stereocenters. The molecule has 0 unspecified atom stereocenters. The quantitative estimate of drug-likeness (QED) is 0.778. The van der Waals surface area contributed by atoms with Crippen LogP contribution >= 0.6 is 11.6 Å². The van der Waals surface area contributed by atoms with Crippen molar-refractivity contribution in [2.75, 3.05) is 24.6 Å². The van der Waals surface area contributed by atoms with Gasteiger partial charge in [-0.3, -0.25) is 0 Å². The van der Waals surface area contributed by atoms with Gasteiger partial charge in [0, 0.05) is 25.8 Å². The number of hydrogen-bond acceptors (Lipinski definition) is 4. The van der Waals surface area contributed by atoms with E-state index in [-0.39, 0.29) is 0 Å². The minimum atomic E-state index is 0.398. The number of rotatable bonds is 3. The summed E-state index contributed by atoms with van der Waals surface area (Å²) in [5.41, 5.74) is 0. The highest BCUT2D eigenvalue weighted by atomic mass is 35.5. The van der Waals surface area contributed by atoms with Crippen molar-refractivity contribution in [3.05, 3.63) is 17.0 Å². The molecular formula is C12H18ClN3O. The third-order valence-corrected chi connectivity index (χ3v) is 3.16. The van der Waals surface area contributed by atoms with Crippen molar-refractivity contribution < 1.29 is 4.74 Å². The lowest BCUT2D eigenvalue weighted by Gasteiger charge is -2.32. The summed E-state index contributed by atoms with van der Waals surface area (Å²) in [6, 6.07) is 1.83. The van der Waals surface area contributed by atoms with Gasteiger partial charge in [0.2, 0.25) is 0 Å². The van der Waals surface area contributed by atoms with Gasteiger partial charge in [0.05, 0.1) is 6.10 Å². The molecule has 5 heteroatoms. The Labute approximate surface area is 107 Å². The minimum Gasteiger partial charge on any atom is -0.378 e. The molecule has 0 N–H and O–H groups in total. The Morgan fingerprint density at radius 3 is 2.71 bits per heavy atom. The van der Waals surface area contributed by atoms with Gasteiger partial charge in [-0.1, -0.05) is 11.6 Å². The van der Waals surface area contributed by atoms with Crippen LogP contribution in [0.15, 0.2) is 6.07 Å². The number of aryl methyl sites for hydroxylation is 1. The second kappa shape index (κ2) is 5.65. The standard InChI is InChI=1S/C12H18ClN3O/c1-3-17-10-4-6-16(7-5-10)12-8-11(13)14-9(2)15-12/h8,10H,3-7H2,1-2H3. The summed E-state index contributed by atoms with van der Waals surface area (Å²) < 4.78 is 5.63. The van der Waals surface area contributed by atoms with E-state index in [1.54, 1.807) is 0 Å². The average Bonchev–Trinajstić information content (AvgIpc) is 2.29. The van der Waals surface area contributed by atoms with Gasteiger partial charge < -0.3 is 9.64 Å². The molecule has 1 saturated heterocycles. The van der Waals surface area contributed by atoms with Crippen LogP contribution in [-0.2, 0) is 4.74 Å². The molecular weight excluding hydrogens is 238 g/mol. The van der Waals surface area contributed by atoms with Crippen molar-refractivity contribution >= 4 is 17.4 Å². The molecule has 1 aromatic rings. The van der Waals surface area contributed by atoms with E-state index in [1.165, 1.54) is 0 Å². The van der Waals surface area contributed by atoms with E-state index in [1.807, 2.05) is 19.9 Å².